The summed E-state index contributed by atoms with van der Waals surface area (Å²) >= 11 is 6.86. The van der Waals surface area contributed by atoms with Gasteiger partial charge in [-0.05, 0) is 49.2 Å². The van der Waals surface area contributed by atoms with Gasteiger partial charge in [0.1, 0.15) is 0 Å². The first kappa shape index (κ1) is 19.2. The third kappa shape index (κ3) is 3.85. The summed E-state index contributed by atoms with van der Waals surface area (Å²) in [6.45, 7) is 7.41. The SMILES string of the molecule is Cc1ccc(N2C(=O)/C(=C/c3ccc(N4CCOCC4)cc3)SC2=S)c(C)c1. The van der Waals surface area contributed by atoms with Gasteiger partial charge in [-0.15, -0.1) is 0 Å². The van der Waals surface area contributed by atoms with Crippen LogP contribution in [0.5, 0.6) is 0 Å². The van der Waals surface area contributed by atoms with Crippen molar-refractivity contribution >= 4 is 51.7 Å². The Labute approximate surface area is 175 Å². The van der Waals surface area contributed by atoms with Crippen LogP contribution in [-0.4, -0.2) is 36.5 Å². The molecule has 2 saturated heterocycles. The lowest BCUT2D eigenvalue weighted by Gasteiger charge is -2.28. The van der Waals surface area contributed by atoms with Crippen LogP contribution in [0.15, 0.2) is 47.4 Å². The maximum atomic E-state index is 13.0. The standard InChI is InChI=1S/C22H22N2O2S2/c1-15-3-8-19(16(2)13-15)24-21(25)20(28-22(24)27)14-17-4-6-18(7-5-17)23-9-11-26-12-10-23/h3-8,13-14H,9-12H2,1-2H3/b20-14-. The highest BCUT2D eigenvalue weighted by Crippen LogP contribution is 2.37. The van der Waals surface area contributed by atoms with Gasteiger partial charge < -0.3 is 9.64 Å². The second-order valence-corrected chi connectivity index (χ2v) is 8.67. The second-order valence-electron chi connectivity index (χ2n) is 7.00. The van der Waals surface area contributed by atoms with Crippen LogP contribution in [0.3, 0.4) is 0 Å². The molecule has 0 atom stereocenters. The molecular weight excluding hydrogens is 388 g/mol. The van der Waals surface area contributed by atoms with E-state index < -0.39 is 0 Å². The molecule has 4 nitrogen and oxygen atoms in total. The Bertz CT molecular complexity index is 948. The molecular formula is C22H22N2O2S2. The topological polar surface area (TPSA) is 32.8 Å². The smallest absolute Gasteiger partial charge is 0.270 e. The predicted octanol–water partition coefficient (Wildman–Crippen LogP) is 4.55. The number of morpholine rings is 1. The van der Waals surface area contributed by atoms with Crippen LogP contribution in [-0.2, 0) is 9.53 Å². The Hall–Kier alpha value is -2.15. The summed E-state index contributed by atoms with van der Waals surface area (Å²) in [4.78, 5) is 17.6. The van der Waals surface area contributed by atoms with Crippen molar-refractivity contribution in [2.75, 3.05) is 36.1 Å². The highest BCUT2D eigenvalue weighted by atomic mass is 32.2. The third-order valence-corrected chi connectivity index (χ3v) is 6.26. The summed E-state index contributed by atoms with van der Waals surface area (Å²) in [5, 5.41) is 0. The van der Waals surface area contributed by atoms with E-state index in [0.29, 0.717) is 9.23 Å². The minimum Gasteiger partial charge on any atom is -0.378 e. The van der Waals surface area contributed by atoms with Gasteiger partial charge in [0, 0.05) is 18.8 Å². The molecule has 0 aliphatic carbocycles. The number of ether oxygens (including phenoxy) is 1. The van der Waals surface area contributed by atoms with Crippen molar-refractivity contribution in [2.45, 2.75) is 13.8 Å². The fourth-order valence-corrected chi connectivity index (χ4v) is 4.77. The molecule has 0 saturated carbocycles. The van der Waals surface area contributed by atoms with Crippen LogP contribution in [0.4, 0.5) is 11.4 Å². The average Bonchev–Trinajstić information content (AvgIpc) is 2.97. The van der Waals surface area contributed by atoms with Gasteiger partial charge in [0.25, 0.3) is 5.91 Å². The van der Waals surface area contributed by atoms with Gasteiger partial charge in [-0.2, -0.15) is 0 Å². The largest absolute Gasteiger partial charge is 0.378 e. The Morgan fingerprint density at radius 3 is 2.46 bits per heavy atom. The highest BCUT2D eigenvalue weighted by Gasteiger charge is 2.34. The number of hydrogen-bond acceptors (Lipinski definition) is 5. The quantitative estimate of drug-likeness (QED) is 0.548. The van der Waals surface area contributed by atoms with Gasteiger partial charge in [-0.25, -0.2) is 0 Å². The molecule has 1 amide bonds. The summed E-state index contributed by atoms with van der Waals surface area (Å²) in [6, 6.07) is 14.3. The van der Waals surface area contributed by atoms with Crippen molar-refractivity contribution in [1.82, 2.24) is 0 Å². The van der Waals surface area contributed by atoms with Crippen LogP contribution < -0.4 is 9.80 Å². The van der Waals surface area contributed by atoms with E-state index in [9.17, 15) is 4.79 Å². The number of carbonyl (C=O) groups is 1. The lowest BCUT2D eigenvalue weighted by molar-refractivity contribution is -0.113. The number of hydrogen-bond donors (Lipinski definition) is 0. The number of aryl methyl sites for hydroxylation is 2. The number of carbonyl (C=O) groups excluding carboxylic acids is 1. The number of thiocarbonyl (C=S) groups is 1. The Morgan fingerprint density at radius 2 is 1.79 bits per heavy atom. The van der Waals surface area contributed by atoms with E-state index in [1.165, 1.54) is 23.0 Å². The van der Waals surface area contributed by atoms with Crippen LogP contribution in [0.25, 0.3) is 6.08 Å². The molecule has 0 unspecified atom stereocenters. The Balaban J connectivity index is 1.55. The number of amides is 1. The van der Waals surface area contributed by atoms with Gasteiger partial charge in [0.15, 0.2) is 4.32 Å². The van der Waals surface area contributed by atoms with Gasteiger partial charge in [-0.1, -0.05) is 53.8 Å². The van der Waals surface area contributed by atoms with Crippen molar-refractivity contribution in [3.8, 4) is 0 Å². The molecule has 0 bridgehead atoms. The summed E-state index contributed by atoms with van der Waals surface area (Å²) in [5.41, 5.74) is 5.26. The number of benzene rings is 2. The van der Waals surface area contributed by atoms with Crippen molar-refractivity contribution in [3.63, 3.8) is 0 Å². The molecule has 2 heterocycles. The Kier molecular flexibility index (Phi) is 5.53. The zero-order chi connectivity index (χ0) is 19.7. The molecule has 2 aliphatic rings. The van der Waals surface area contributed by atoms with E-state index in [-0.39, 0.29) is 5.91 Å². The summed E-state index contributed by atoms with van der Waals surface area (Å²) in [7, 11) is 0. The third-order valence-electron chi connectivity index (χ3n) is 4.95. The molecule has 0 N–H and O–H groups in total. The molecule has 28 heavy (non-hydrogen) atoms. The van der Waals surface area contributed by atoms with Gasteiger partial charge in [0.05, 0.1) is 23.8 Å². The molecule has 2 aliphatic heterocycles. The molecule has 4 rings (SSSR count). The molecule has 144 valence electrons. The minimum atomic E-state index is -0.0563. The molecule has 2 fully saturated rings. The lowest BCUT2D eigenvalue weighted by Crippen LogP contribution is -2.36. The van der Waals surface area contributed by atoms with Crippen LogP contribution in [0.1, 0.15) is 16.7 Å². The maximum absolute atomic E-state index is 13.0. The van der Waals surface area contributed by atoms with E-state index >= 15 is 0 Å². The highest BCUT2D eigenvalue weighted by molar-refractivity contribution is 8.27. The van der Waals surface area contributed by atoms with Crippen LogP contribution in [0, 0.1) is 13.8 Å². The number of rotatable bonds is 3. The second kappa shape index (κ2) is 8.07. The predicted molar refractivity (Wildman–Crippen MR) is 121 cm³/mol. The number of nitrogens with zero attached hydrogens (tertiary/aromatic N) is 2. The molecule has 6 heteroatoms. The number of thioether (sulfide) groups is 1. The van der Waals surface area contributed by atoms with E-state index in [2.05, 4.69) is 35.2 Å². The first-order chi connectivity index (χ1) is 13.5. The van der Waals surface area contributed by atoms with E-state index in [1.807, 2.05) is 32.1 Å². The Morgan fingerprint density at radius 1 is 1.07 bits per heavy atom. The average molecular weight is 411 g/mol. The van der Waals surface area contributed by atoms with E-state index in [0.717, 1.165) is 43.1 Å². The zero-order valence-corrected chi connectivity index (χ0v) is 17.6. The molecule has 0 spiro atoms. The van der Waals surface area contributed by atoms with Gasteiger partial charge in [-0.3, -0.25) is 9.69 Å². The fraction of sp³-hybridized carbons (Fsp3) is 0.273. The van der Waals surface area contributed by atoms with Gasteiger partial charge in [0.2, 0.25) is 0 Å². The van der Waals surface area contributed by atoms with Crippen molar-refractivity contribution in [2.24, 2.45) is 0 Å². The van der Waals surface area contributed by atoms with E-state index in [4.69, 9.17) is 17.0 Å². The number of anilines is 2. The summed E-state index contributed by atoms with van der Waals surface area (Å²) in [6.07, 6.45) is 1.92. The first-order valence-electron chi connectivity index (χ1n) is 9.31. The fourth-order valence-electron chi connectivity index (χ4n) is 3.49. The van der Waals surface area contributed by atoms with Crippen molar-refractivity contribution in [1.29, 1.82) is 0 Å². The van der Waals surface area contributed by atoms with Crippen LogP contribution >= 0.6 is 24.0 Å². The van der Waals surface area contributed by atoms with Crippen molar-refractivity contribution in [3.05, 3.63) is 64.1 Å². The summed E-state index contributed by atoms with van der Waals surface area (Å²) < 4.78 is 5.99. The lowest BCUT2D eigenvalue weighted by atomic mass is 10.1. The molecule has 2 aromatic carbocycles. The minimum absolute atomic E-state index is 0.0563. The summed E-state index contributed by atoms with van der Waals surface area (Å²) in [5.74, 6) is -0.0563. The van der Waals surface area contributed by atoms with Gasteiger partial charge >= 0.3 is 0 Å². The maximum Gasteiger partial charge on any atom is 0.270 e. The first-order valence-corrected chi connectivity index (χ1v) is 10.5. The van der Waals surface area contributed by atoms with Crippen molar-refractivity contribution < 1.29 is 9.53 Å². The normalized spacial score (nSPS) is 19.0. The van der Waals surface area contributed by atoms with Crippen LogP contribution in [0.2, 0.25) is 0 Å². The molecule has 2 aromatic rings. The monoisotopic (exact) mass is 410 g/mol. The molecule has 0 radical (unpaired) electrons. The zero-order valence-electron chi connectivity index (χ0n) is 16.0. The van der Waals surface area contributed by atoms with E-state index in [1.54, 1.807) is 4.90 Å². The molecule has 0 aromatic heterocycles.